The number of pyridine rings is 1. The Bertz CT molecular complexity index is 1580. The maximum Gasteiger partial charge on any atom is 0.295 e. The van der Waals surface area contributed by atoms with E-state index >= 15 is 0 Å². The number of rotatable bonds is 5. The molecule has 0 aliphatic carbocycles. The van der Waals surface area contributed by atoms with E-state index in [0.717, 1.165) is 11.9 Å². The number of hydrogen-bond donors (Lipinski definition) is 1. The van der Waals surface area contributed by atoms with Gasteiger partial charge in [-0.3, -0.25) is 9.59 Å². The number of aromatic nitrogens is 9. The van der Waals surface area contributed by atoms with E-state index in [2.05, 4.69) is 35.8 Å². The fourth-order valence-electron chi connectivity index (χ4n) is 4.46. The average molecular weight is 501 g/mol. The summed E-state index contributed by atoms with van der Waals surface area (Å²) in [5.41, 5.74) is 1.00. The van der Waals surface area contributed by atoms with Crippen LogP contribution in [-0.2, 0) is 4.79 Å². The summed E-state index contributed by atoms with van der Waals surface area (Å²) in [6.45, 7) is 1.67. The molecular weight excluding hydrogens is 481 g/mol. The molecule has 1 N–H and O–H groups in total. The molecule has 5 aromatic rings. The molecule has 0 saturated carbocycles. The molecule has 0 spiro atoms. The second kappa shape index (κ2) is 9.22. The third-order valence-corrected chi connectivity index (χ3v) is 6.24. The van der Waals surface area contributed by atoms with Crippen molar-refractivity contribution in [3.63, 3.8) is 0 Å². The lowest BCUT2D eigenvalue weighted by molar-refractivity contribution is -0.126. The zero-order valence-electron chi connectivity index (χ0n) is 19.4. The summed E-state index contributed by atoms with van der Waals surface area (Å²) in [5.74, 6) is -1.40. The molecule has 37 heavy (non-hydrogen) atoms. The Labute approximate surface area is 208 Å². The van der Waals surface area contributed by atoms with Gasteiger partial charge in [0.25, 0.3) is 11.7 Å². The van der Waals surface area contributed by atoms with E-state index in [-0.39, 0.29) is 28.8 Å². The van der Waals surface area contributed by atoms with Gasteiger partial charge in [0.05, 0.1) is 40.7 Å². The van der Waals surface area contributed by atoms with E-state index in [0.29, 0.717) is 32.0 Å². The minimum absolute atomic E-state index is 0.0164. The van der Waals surface area contributed by atoms with E-state index in [4.69, 9.17) is 0 Å². The molecule has 13 nitrogen and oxygen atoms in total. The number of Topliss-reactive ketones (excluding diaryl/α,β-unsaturated/α-hetero) is 1. The van der Waals surface area contributed by atoms with Gasteiger partial charge < -0.3 is 14.8 Å². The fourth-order valence-corrected chi connectivity index (χ4v) is 4.46. The monoisotopic (exact) mass is 501 g/mol. The molecule has 0 atom stereocenters. The minimum atomic E-state index is -0.802. The second-order valence-corrected chi connectivity index (χ2v) is 8.42. The SMILES string of the molecule is O=C(C(=O)N1CCCN(c2nnnn2-c2ccccc2)CC1)c1c[nH]c2c(-n3ccnn3)ncc(F)c12. The summed E-state index contributed by atoms with van der Waals surface area (Å²) in [6.07, 6.45) is 5.92. The van der Waals surface area contributed by atoms with Gasteiger partial charge in [0.2, 0.25) is 5.95 Å². The molecular formula is C23H20FN11O2. The Kier molecular flexibility index (Phi) is 5.59. The lowest BCUT2D eigenvalue weighted by Gasteiger charge is -2.22. The van der Waals surface area contributed by atoms with Crippen LogP contribution in [0.3, 0.4) is 0 Å². The summed E-state index contributed by atoms with van der Waals surface area (Å²) in [5, 5.41) is 19.7. The number of H-pyrrole nitrogens is 1. The van der Waals surface area contributed by atoms with Crippen molar-refractivity contribution in [2.45, 2.75) is 6.42 Å². The molecule has 0 radical (unpaired) electrons. The zero-order chi connectivity index (χ0) is 25.4. The highest BCUT2D eigenvalue weighted by molar-refractivity contribution is 6.45. The molecule has 1 fully saturated rings. The molecule has 1 amide bonds. The number of aromatic amines is 1. The largest absolute Gasteiger partial charge is 0.357 e. The number of anilines is 1. The standard InChI is InChI=1S/C23H20FN11O2/c24-17-14-26-21(34-10-7-27-30-34)19-18(17)16(13-25-19)20(36)22(37)32-8-4-9-33(12-11-32)23-28-29-31-35(23)15-5-2-1-3-6-15/h1-3,5-7,10,13-14,25H,4,8-9,11-12H2. The normalized spacial score (nSPS) is 14.2. The number of hydrogen-bond acceptors (Lipinski definition) is 9. The number of ketones is 1. The molecule has 0 unspecified atom stereocenters. The van der Waals surface area contributed by atoms with Gasteiger partial charge >= 0.3 is 0 Å². The smallest absolute Gasteiger partial charge is 0.295 e. The number of nitrogens with one attached hydrogen (secondary N) is 1. The quantitative estimate of drug-likeness (QED) is 0.277. The molecule has 4 aromatic heterocycles. The number of benzene rings is 1. The van der Waals surface area contributed by atoms with Crippen molar-refractivity contribution in [1.29, 1.82) is 0 Å². The highest BCUT2D eigenvalue weighted by Gasteiger charge is 2.30. The van der Waals surface area contributed by atoms with E-state index in [1.165, 1.54) is 22.0 Å². The Balaban J connectivity index is 1.23. The van der Waals surface area contributed by atoms with Crippen molar-refractivity contribution < 1.29 is 14.0 Å². The van der Waals surface area contributed by atoms with E-state index < -0.39 is 17.5 Å². The van der Waals surface area contributed by atoms with Crippen LogP contribution in [0, 0.1) is 5.82 Å². The van der Waals surface area contributed by atoms with Gasteiger partial charge in [-0.15, -0.1) is 5.10 Å². The number of halogens is 1. The maximum atomic E-state index is 14.8. The number of para-hydroxylation sites is 1. The van der Waals surface area contributed by atoms with Gasteiger partial charge in [0.15, 0.2) is 11.6 Å². The summed E-state index contributed by atoms with van der Waals surface area (Å²) in [6, 6.07) is 9.50. The predicted octanol–water partition coefficient (Wildman–Crippen LogP) is 1.18. The van der Waals surface area contributed by atoms with Crippen LogP contribution in [0.15, 0.2) is 55.1 Å². The Morgan fingerprint density at radius 3 is 2.70 bits per heavy atom. The van der Waals surface area contributed by atoms with Gasteiger partial charge in [-0.05, 0) is 29.0 Å². The molecule has 1 saturated heterocycles. The molecule has 1 aromatic carbocycles. The fraction of sp³-hybridized carbons (Fsp3) is 0.217. The van der Waals surface area contributed by atoms with E-state index in [9.17, 15) is 14.0 Å². The zero-order valence-corrected chi connectivity index (χ0v) is 19.4. The van der Waals surface area contributed by atoms with E-state index in [1.807, 2.05) is 35.2 Å². The van der Waals surface area contributed by atoms with Crippen LogP contribution in [0.2, 0.25) is 0 Å². The minimum Gasteiger partial charge on any atom is -0.357 e. The Morgan fingerprint density at radius 1 is 1.03 bits per heavy atom. The third-order valence-electron chi connectivity index (χ3n) is 6.24. The number of amides is 1. The molecule has 6 rings (SSSR count). The first-order valence-corrected chi connectivity index (χ1v) is 11.6. The number of carbonyl (C=O) groups is 2. The highest BCUT2D eigenvalue weighted by Crippen LogP contribution is 2.26. The summed E-state index contributed by atoms with van der Waals surface area (Å²) in [4.78, 5) is 36.9. The lowest BCUT2D eigenvalue weighted by atomic mass is 10.1. The van der Waals surface area contributed by atoms with Gasteiger partial charge in [-0.2, -0.15) is 4.68 Å². The third kappa shape index (κ3) is 3.97. The van der Waals surface area contributed by atoms with Gasteiger partial charge in [-0.1, -0.05) is 28.5 Å². The first-order valence-electron chi connectivity index (χ1n) is 11.6. The van der Waals surface area contributed by atoms with Crippen molar-refractivity contribution in [3.8, 4) is 11.5 Å². The second-order valence-electron chi connectivity index (χ2n) is 8.42. The Hall–Kier alpha value is -5.01. The van der Waals surface area contributed by atoms with Crippen LogP contribution in [-0.4, -0.2) is 87.9 Å². The highest BCUT2D eigenvalue weighted by atomic mass is 19.1. The van der Waals surface area contributed by atoms with Gasteiger partial charge in [-0.25, -0.2) is 14.1 Å². The van der Waals surface area contributed by atoms with Crippen molar-refractivity contribution in [1.82, 2.24) is 50.1 Å². The van der Waals surface area contributed by atoms with E-state index in [1.54, 1.807) is 10.9 Å². The van der Waals surface area contributed by atoms with Crippen molar-refractivity contribution in [2.24, 2.45) is 0 Å². The molecule has 1 aliphatic heterocycles. The number of fused-ring (bicyclic) bond motifs is 1. The van der Waals surface area contributed by atoms with Crippen LogP contribution in [0.5, 0.6) is 0 Å². The number of carbonyl (C=O) groups excluding carboxylic acids is 2. The van der Waals surface area contributed by atoms with Crippen LogP contribution in [0.4, 0.5) is 10.3 Å². The summed E-state index contributed by atoms with van der Waals surface area (Å²) >= 11 is 0. The average Bonchev–Trinajstić information content (AvgIpc) is 3.68. The number of nitrogens with zero attached hydrogens (tertiary/aromatic N) is 10. The van der Waals surface area contributed by atoms with Crippen LogP contribution < -0.4 is 4.90 Å². The molecule has 5 heterocycles. The van der Waals surface area contributed by atoms with Crippen molar-refractivity contribution >= 4 is 28.5 Å². The van der Waals surface area contributed by atoms with Crippen LogP contribution in [0.25, 0.3) is 22.4 Å². The topological polar surface area (TPSA) is 144 Å². The summed E-state index contributed by atoms with van der Waals surface area (Å²) < 4.78 is 17.8. The van der Waals surface area contributed by atoms with Crippen molar-refractivity contribution in [3.05, 3.63) is 66.5 Å². The molecule has 186 valence electrons. The van der Waals surface area contributed by atoms with Gasteiger partial charge in [0.1, 0.15) is 0 Å². The summed E-state index contributed by atoms with van der Waals surface area (Å²) in [7, 11) is 0. The molecule has 14 heteroatoms. The first-order chi connectivity index (χ1) is 18.1. The lowest BCUT2D eigenvalue weighted by Crippen LogP contribution is -2.39. The predicted molar refractivity (Wildman–Crippen MR) is 128 cm³/mol. The maximum absolute atomic E-state index is 14.8. The van der Waals surface area contributed by atoms with Crippen LogP contribution >= 0.6 is 0 Å². The first kappa shape index (κ1) is 22.5. The van der Waals surface area contributed by atoms with Crippen molar-refractivity contribution in [2.75, 3.05) is 31.1 Å². The van der Waals surface area contributed by atoms with Crippen LogP contribution in [0.1, 0.15) is 16.8 Å². The molecule has 1 aliphatic rings. The number of tetrazole rings is 1. The van der Waals surface area contributed by atoms with Gasteiger partial charge in [0, 0.05) is 32.4 Å². The molecule has 0 bridgehead atoms. The Morgan fingerprint density at radius 2 is 1.89 bits per heavy atom.